The number of nitrogens with two attached hydrogens (primary N) is 1. The van der Waals surface area contributed by atoms with Gasteiger partial charge in [0.2, 0.25) is 0 Å². The fourth-order valence-electron chi connectivity index (χ4n) is 1.93. The van der Waals surface area contributed by atoms with Gasteiger partial charge in [-0.15, -0.1) is 0 Å². The lowest BCUT2D eigenvalue weighted by atomic mass is 10.1. The van der Waals surface area contributed by atoms with Crippen LogP contribution in [-0.2, 0) is 6.54 Å². The molecule has 18 heavy (non-hydrogen) atoms. The molecule has 1 aromatic carbocycles. The van der Waals surface area contributed by atoms with Gasteiger partial charge in [0, 0.05) is 23.4 Å². The Morgan fingerprint density at radius 3 is 2.94 bits per heavy atom. The minimum absolute atomic E-state index is 0.152. The molecule has 1 aromatic rings. The van der Waals surface area contributed by atoms with Gasteiger partial charge in [0.15, 0.2) is 5.84 Å². The first-order chi connectivity index (χ1) is 8.69. The van der Waals surface area contributed by atoms with Crippen LogP contribution in [0.1, 0.15) is 24.0 Å². The molecular formula is C13H19N3OS. The lowest BCUT2D eigenvalue weighted by molar-refractivity contribution is 0.318. The Hall–Kier alpha value is -1.20. The summed E-state index contributed by atoms with van der Waals surface area (Å²) in [4.78, 5) is 0. The molecule has 1 saturated carbocycles. The molecule has 0 heterocycles. The minimum atomic E-state index is 0.152. The number of hydrogen-bond donors (Lipinski definition) is 3. The molecule has 0 aliphatic heterocycles. The van der Waals surface area contributed by atoms with E-state index in [0.29, 0.717) is 4.75 Å². The van der Waals surface area contributed by atoms with E-state index in [0.717, 1.165) is 24.2 Å². The zero-order valence-electron chi connectivity index (χ0n) is 10.5. The van der Waals surface area contributed by atoms with Crippen LogP contribution in [0.2, 0.25) is 0 Å². The number of rotatable bonds is 6. The maximum atomic E-state index is 8.65. The lowest BCUT2D eigenvalue weighted by Gasteiger charge is -2.13. The van der Waals surface area contributed by atoms with Crippen molar-refractivity contribution in [2.24, 2.45) is 10.9 Å². The normalized spacial score (nSPS) is 17.7. The second kappa shape index (κ2) is 5.63. The Morgan fingerprint density at radius 2 is 2.33 bits per heavy atom. The fraction of sp³-hybridized carbons (Fsp3) is 0.462. The number of oxime groups is 1. The van der Waals surface area contributed by atoms with Crippen LogP contribution in [-0.4, -0.2) is 28.6 Å². The summed E-state index contributed by atoms with van der Waals surface area (Å²) in [5.41, 5.74) is 7.47. The van der Waals surface area contributed by atoms with Crippen molar-refractivity contribution in [1.82, 2.24) is 5.32 Å². The molecule has 5 heteroatoms. The molecule has 0 bridgehead atoms. The first-order valence-corrected chi connectivity index (χ1v) is 7.24. The summed E-state index contributed by atoms with van der Waals surface area (Å²) in [6.45, 7) is 1.86. The van der Waals surface area contributed by atoms with Gasteiger partial charge in [0.25, 0.3) is 0 Å². The molecule has 4 nitrogen and oxygen atoms in total. The molecule has 1 aliphatic rings. The van der Waals surface area contributed by atoms with Gasteiger partial charge in [-0.1, -0.05) is 23.4 Å². The van der Waals surface area contributed by atoms with Gasteiger partial charge in [-0.2, -0.15) is 11.8 Å². The van der Waals surface area contributed by atoms with Crippen molar-refractivity contribution in [3.63, 3.8) is 0 Å². The van der Waals surface area contributed by atoms with Crippen molar-refractivity contribution in [3.05, 3.63) is 35.4 Å². The van der Waals surface area contributed by atoms with Gasteiger partial charge in [-0.05, 0) is 30.7 Å². The van der Waals surface area contributed by atoms with Crippen molar-refractivity contribution in [1.29, 1.82) is 0 Å². The van der Waals surface area contributed by atoms with Crippen LogP contribution in [0.3, 0.4) is 0 Å². The number of hydrogen-bond acceptors (Lipinski definition) is 4. The third-order valence-corrected chi connectivity index (χ3v) is 4.77. The lowest BCUT2D eigenvalue weighted by Crippen LogP contribution is -2.25. The van der Waals surface area contributed by atoms with Crippen molar-refractivity contribution in [3.8, 4) is 0 Å². The van der Waals surface area contributed by atoms with Crippen molar-refractivity contribution < 1.29 is 5.21 Å². The first-order valence-electron chi connectivity index (χ1n) is 6.02. The summed E-state index contributed by atoms with van der Waals surface area (Å²) in [5.74, 6) is 0.152. The Morgan fingerprint density at radius 1 is 1.56 bits per heavy atom. The number of thioether (sulfide) groups is 1. The third kappa shape index (κ3) is 3.17. The highest BCUT2D eigenvalue weighted by Gasteiger charge is 2.41. The molecular weight excluding hydrogens is 246 g/mol. The summed E-state index contributed by atoms with van der Waals surface area (Å²) in [7, 11) is 0. The molecule has 0 unspecified atom stereocenters. The van der Waals surface area contributed by atoms with E-state index < -0.39 is 0 Å². The van der Waals surface area contributed by atoms with Gasteiger partial charge in [0.1, 0.15) is 0 Å². The van der Waals surface area contributed by atoms with E-state index in [2.05, 4.69) is 16.7 Å². The highest BCUT2D eigenvalue weighted by molar-refractivity contribution is 8.00. The zero-order valence-corrected chi connectivity index (χ0v) is 11.3. The van der Waals surface area contributed by atoms with Gasteiger partial charge < -0.3 is 16.3 Å². The summed E-state index contributed by atoms with van der Waals surface area (Å²) in [6.07, 6.45) is 4.80. The first kappa shape index (κ1) is 13.2. The van der Waals surface area contributed by atoms with Crippen LogP contribution in [0.5, 0.6) is 0 Å². The molecule has 0 amide bonds. The maximum Gasteiger partial charge on any atom is 0.170 e. The minimum Gasteiger partial charge on any atom is -0.409 e. The van der Waals surface area contributed by atoms with Crippen LogP contribution in [0.15, 0.2) is 29.4 Å². The summed E-state index contributed by atoms with van der Waals surface area (Å²) in [6, 6.07) is 7.75. The molecule has 2 rings (SSSR count). The average molecular weight is 265 g/mol. The third-order valence-electron chi connectivity index (χ3n) is 3.35. The zero-order chi connectivity index (χ0) is 13.0. The number of amidine groups is 1. The van der Waals surface area contributed by atoms with E-state index in [1.165, 1.54) is 12.8 Å². The molecule has 98 valence electrons. The van der Waals surface area contributed by atoms with Crippen molar-refractivity contribution in [2.45, 2.75) is 24.1 Å². The van der Waals surface area contributed by atoms with E-state index in [9.17, 15) is 0 Å². The summed E-state index contributed by atoms with van der Waals surface area (Å²) < 4.78 is 0.475. The molecule has 4 N–H and O–H groups in total. The Bertz CT molecular complexity index is 444. The van der Waals surface area contributed by atoms with Crippen LogP contribution in [0.25, 0.3) is 0 Å². The van der Waals surface area contributed by atoms with Gasteiger partial charge >= 0.3 is 0 Å². The quantitative estimate of drug-likeness (QED) is 0.317. The average Bonchev–Trinajstić information content (AvgIpc) is 3.19. The van der Waals surface area contributed by atoms with E-state index in [1.807, 2.05) is 36.0 Å². The molecule has 1 fully saturated rings. The molecule has 0 spiro atoms. The predicted octanol–water partition coefficient (Wildman–Crippen LogP) is 1.77. The van der Waals surface area contributed by atoms with Gasteiger partial charge in [0.05, 0.1) is 0 Å². The topological polar surface area (TPSA) is 70.6 Å². The largest absolute Gasteiger partial charge is 0.409 e. The van der Waals surface area contributed by atoms with E-state index >= 15 is 0 Å². The molecule has 0 radical (unpaired) electrons. The monoisotopic (exact) mass is 265 g/mol. The standard InChI is InChI=1S/C13H19N3OS/c1-18-13(5-6-13)9-15-8-10-3-2-4-11(7-10)12(14)16-17/h2-4,7,15,17H,5-6,8-9H2,1H3,(H2,14,16). The van der Waals surface area contributed by atoms with Crippen LogP contribution >= 0.6 is 11.8 Å². The maximum absolute atomic E-state index is 8.65. The highest BCUT2D eigenvalue weighted by atomic mass is 32.2. The predicted molar refractivity (Wildman–Crippen MR) is 76.1 cm³/mol. The number of benzene rings is 1. The van der Waals surface area contributed by atoms with E-state index in [-0.39, 0.29) is 5.84 Å². The molecule has 0 saturated heterocycles. The SMILES string of the molecule is CSC1(CNCc2cccc(/C(N)=N/O)c2)CC1. The highest BCUT2D eigenvalue weighted by Crippen LogP contribution is 2.46. The van der Waals surface area contributed by atoms with Crippen LogP contribution in [0, 0.1) is 0 Å². The van der Waals surface area contributed by atoms with Crippen molar-refractivity contribution in [2.75, 3.05) is 12.8 Å². The van der Waals surface area contributed by atoms with Crippen LogP contribution < -0.4 is 11.1 Å². The smallest absolute Gasteiger partial charge is 0.170 e. The van der Waals surface area contributed by atoms with E-state index in [4.69, 9.17) is 10.9 Å². The second-order valence-electron chi connectivity index (χ2n) is 4.68. The molecule has 0 atom stereocenters. The van der Waals surface area contributed by atoms with Gasteiger partial charge in [-0.25, -0.2) is 0 Å². The Kier molecular flexibility index (Phi) is 4.14. The number of nitrogens with one attached hydrogen (secondary N) is 1. The fourth-order valence-corrected chi connectivity index (χ4v) is 2.68. The Balaban J connectivity index is 1.89. The summed E-state index contributed by atoms with van der Waals surface area (Å²) >= 11 is 1.95. The molecule has 0 aromatic heterocycles. The molecule has 1 aliphatic carbocycles. The van der Waals surface area contributed by atoms with Crippen molar-refractivity contribution >= 4 is 17.6 Å². The number of nitrogens with zero attached hydrogens (tertiary/aromatic N) is 1. The van der Waals surface area contributed by atoms with E-state index in [1.54, 1.807) is 0 Å². The second-order valence-corrected chi connectivity index (χ2v) is 5.95. The van der Waals surface area contributed by atoms with Gasteiger partial charge in [-0.3, -0.25) is 0 Å². The summed E-state index contributed by atoms with van der Waals surface area (Å²) in [5, 5.41) is 15.1. The Labute approximate surface area is 112 Å². The van der Waals surface area contributed by atoms with Crippen LogP contribution in [0.4, 0.5) is 0 Å².